The fourth-order valence-corrected chi connectivity index (χ4v) is 1.22. The van der Waals surface area contributed by atoms with E-state index in [4.69, 9.17) is 23.2 Å². The van der Waals surface area contributed by atoms with Gasteiger partial charge in [0.25, 0.3) is 10.5 Å². The van der Waals surface area contributed by atoms with Crippen LogP contribution in [0.4, 0.5) is 0 Å². The number of carbonyl (C=O) groups is 3. The Morgan fingerprint density at radius 1 is 0.929 bits per heavy atom. The Labute approximate surface area is 89.6 Å². The molecule has 0 bridgehead atoms. The fourth-order valence-electron chi connectivity index (χ4n) is 0.958. The summed E-state index contributed by atoms with van der Waals surface area (Å²) in [5.74, 6) is -0.934. The highest BCUT2D eigenvalue weighted by molar-refractivity contribution is 6.83. The van der Waals surface area contributed by atoms with Crippen LogP contribution in [0.25, 0.3) is 0 Å². The molecule has 0 saturated carbocycles. The lowest BCUT2D eigenvalue weighted by Gasteiger charge is -2.00. The minimum absolute atomic E-state index is 0.0202. The molecule has 0 aromatic heterocycles. The summed E-state index contributed by atoms with van der Waals surface area (Å²) in [4.78, 5) is 32.6. The summed E-state index contributed by atoms with van der Waals surface area (Å²) < 4.78 is 0. The zero-order chi connectivity index (χ0) is 10.7. The number of carbonyl (C=O) groups excluding carboxylic acids is 3. The van der Waals surface area contributed by atoms with E-state index in [2.05, 4.69) is 0 Å². The number of hydrogen-bond acceptors (Lipinski definition) is 3. The number of Topliss-reactive ketones (excluding diaryl/α,β-unsaturated/α-hetero) is 1. The molecule has 14 heavy (non-hydrogen) atoms. The maximum atomic E-state index is 11.2. The molecular formula is C9H4Cl2O3. The van der Waals surface area contributed by atoms with Crippen molar-refractivity contribution in [3.63, 3.8) is 0 Å². The lowest BCUT2D eigenvalue weighted by atomic mass is 10.1. The maximum Gasteiger partial charge on any atom is 0.293 e. The minimum Gasteiger partial charge on any atom is -0.284 e. The Bertz CT molecular complexity index is 412. The topological polar surface area (TPSA) is 51.2 Å². The van der Waals surface area contributed by atoms with Gasteiger partial charge >= 0.3 is 0 Å². The van der Waals surface area contributed by atoms with E-state index in [-0.39, 0.29) is 11.1 Å². The lowest BCUT2D eigenvalue weighted by Crippen LogP contribution is -2.11. The van der Waals surface area contributed by atoms with Crippen LogP contribution in [0.3, 0.4) is 0 Å². The minimum atomic E-state index is -1.14. The fraction of sp³-hybridized carbons (Fsp3) is 0. The van der Waals surface area contributed by atoms with Gasteiger partial charge < -0.3 is 0 Å². The number of halogens is 2. The molecule has 1 aromatic carbocycles. The van der Waals surface area contributed by atoms with E-state index in [0.29, 0.717) is 0 Å². The zero-order valence-electron chi connectivity index (χ0n) is 6.79. The molecule has 0 aliphatic carbocycles. The molecule has 0 spiro atoms. The SMILES string of the molecule is O=C(Cl)C(=O)c1ccccc1C(=O)Cl. The van der Waals surface area contributed by atoms with E-state index in [1.807, 2.05) is 0 Å². The van der Waals surface area contributed by atoms with Gasteiger partial charge in [-0.3, -0.25) is 14.4 Å². The molecular weight excluding hydrogens is 227 g/mol. The van der Waals surface area contributed by atoms with Crippen molar-refractivity contribution in [3.8, 4) is 0 Å². The largest absolute Gasteiger partial charge is 0.293 e. The Hall–Kier alpha value is -1.19. The van der Waals surface area contributed by atoms with Crippen molar-refractivity contribution in [2.75, 3.05) is 0 Å². The van der Waals surface area contributed by atoms with Crippen molar-refractivity contribution in [1.82, 2.24) is 0 Å². The molecule has 3 nitrogen and oxygen atoms in total. The predicted molar refractivity (Wildman–Crippen MR) is 51.8 cm³/mol. The molecule has 72 valence electrons. The van der Waals surface area contributed by atoms with E-state index >= 15 is 0 Å². The second-order valence-electron chi connectivity index (χ2n) is 2.42. The third kappa shape index (κ3) is 2.19. The highest BCUT2D eigenvalue weighted by atomic mass is 35.5. The second-order valence-corrected chi connectivity index (χ2v) is 3.11. The summed E-state index contributed by atoms with van der Waals surface area (Å²) in [5, 5.41) is -1.94. The molecule has 0 atom stereocenters. The molecule has 5 heteroatoms. The molecule has 0 radical (unpaired) electrons. The van der Waals surface area contributed by atoms with Crippen molar-refractivity contribution >= 4 is 39.5 Å². The van der Waals surface area contributed by atoms with Crippen LogP contribution in [0.15, 0.2) is 24.3 Å². The standard InChI is InChI=1S/C9H4Cl2O3/c10-8(13)6-4-2-1-3-5(6)7(12)9(11)14/h1-4H. The smallest absolute Gasteiger partial charge is 0.284 e. The van der Waals surface area contributed by atoms with Crippen LogP contribution in [-0.4, -0.2) is 16.3 Å². The van der Waals surface area contributed by atoms with Crippen molar-refractivity contribution in [2.24, 2.45) is 0 Å². The Morgan fingerprint density at radius 3 is 1.86 bits per heavy atom. The molecule has 0 unspecified atom stereocenters. The van der Waals surface area contributed by atoms with Crippen LogP contribution < -0.4 is 0 Å². The van der Waals surface area contributed by atoms with Crippen LogP contribution in [0.1, 0.15) is 20.7 Å². The van der Waals surface area contributed by atoms with E-state index in [9.17, 15) is 14.4 Å². The van der Waals surface area contributed by atoms with Gasteiger partial charge in [-0.2, -0.15) is 0 Å². The molecule has 0 fully saturated rings. The van der Waals surface area contributed by atoms with Gasteiger partial charge in [-0.15, -0.1) is 0 Å². The lowest BCUT2D eigenvalue weighted by molar-refractivity contribution is -0.108. The summed E-state index contributed by atoms with van der Waals surface area (Å²) in [5.41, 5.74) is -0.0966. The molecule has 1 rings (SSSR count). The highest BCUT2D eigenvalue weighted by Gasteiger charge is 2.19. The summed E-state index contributed by atoms with van der Waals surface area (Å²) in [6, 6.07) is 5.71. The van der Waals surface area contributed by atoms with E-state index in [0.717, 1.165) is 0 Å². The molecule has 0 heterocycles. The van der Waals surface area contributed by atoms with Gasteiger partial charge in [0.05, 0.1) is 0 Å². The normalized spacial score (nSPS) is 9.57. The predicted octanol–water partition coefficient (Wildman–Crippen LogP) is 2.01. The van der Waals surface area contributed by atoms with Gasteiger partial charge in [-0.05, 0) is 29.3 Å². The van der Waals surface area contributed by atoms with E-state index < -0.39 is 16.3 Å². The van der Waals surface area contributed by atoms with Gasteiger partial charge in [-0.1, -0.05) is 18.2 Å². The summed E-state index contributed by atoms with van der Waals surface area (Å²) in [6.45, 7) is 0. The second kappa shape index (κ2) is 4.35. The summed E-state index contributed by atoms with van der Waals surface area (Å²) in [6.07, 6.45) is 0. The summed E-state index contributed by atoms with van der Waals surface area (Å²) >= 11 is 10.2. The first-order valence-electron chi connectivity index (χ1n) is 3.57. The quantitative estimate of drug-likeness (QED) is 0.454. The Morgan fingerprint density at radius 2 is 1.43 bits per heavy atom. The van der Waals surface area contributed by atoms with Crippen LogP contribution in [0.5, 0.6) is 0 Å². The van der Waals surface area contributed by atoms with Crippen LogP contribution in [0.2, 0.25) is 0 Å². The van der Waals surface area contributed by atoms with Gasteiger partial charge in [0.1, 0.15) is 0 Å². The first kappa shape index (κ1) is 10.9. The number of rotatable bonds is 3. The van der Waals surface area contributed by atoms with Gasteiger partial charge in [0, 0.05) is 11.1 Å². The summed E-state index contributed by atoms with van der Waals surface area (Å²) in [7, 11) is 0. The van der Waals surface area contributed by atoms with Gasteiger partial charge in [0.15, 0.2) is 0 Å². The number of benzene rings is 1. The van der Waals surface area contributed by atoms with Crippen molar-refractivity contribution in [1.29, 1.82) is 0 Å². The van der Waals surface area contributed by atoms with Crippen LogP contribution in [-0.2, 0) is 4.79 Å². The third-order valence-corrected chi connectivity index (χ3v) is 1.94. The molecule has 0 saturated heterocycles. The van der Waals surface area contributed by atoms with Crippen LogP contribution >= 0.6 is 23.2 Å². The molecule has 0 aliphatic rings. The average molecular weight is 231 g/mol. The van der Waals surface area contributed by atoms with Gasteiger partial charge in [0.2, 0.25) is 5.78 Å². The van der Waals surface area contributed by atoms with Crippen LogP contribution in [0, 0.1) is 0 Å². The molecule has 0 N–H and O–H groups in total. The zero-order valence-corrected chi connectivity index (χ0v) is 8.30. The Balaban J connectivity index is 3.27. The number of hydrogen-bond donors (Lipinski definition) is 0. The van der Waals surface area contributed by atoms with Gasteiger partial charge in [-0.25, -0.2) is 0 Å². The van der Waals surface area contributed by atoms with E-state index in [1.165, 1.54) is 24.3 Å². The van der Waals surface area contributed by atoms with E-state index in [1.54, 1.807) is 0 Å². The molecule has 0 amide bonds. The molecule has 0 aliphatic heterocycles. The third-order valence-electron chi connectivity index (χ3n) is 1.56. The Kier molecular flexibility index (Phi) is 3.38. The highest BCUT2D eigenvalue weighted by Crippen LogP contribution is 2.13. The van der Waals surface area contributed by atoms with Crippen molar-refractivity contribution in [3.05, 3.63) is 35.4 Å². The first-order valence-corrected chi connectivity index (χ1v) is 4.32. The van der Waals surface area contributed by atoms with Crippen molar-refractivity contribution < 1.29 is 14.4 Å². The molecule has 1 aromatic rings. The monoisotopic (exact) mass is 230 g/mol. The average Bonchev–Trinajstić information content (AvgIpc) is 2.16. The number of ketones is 1. The first-order chi connectivity index (χ1) is 6.54. The maximum absolute atomic E-state index is 11.2. The van der Waals surface area contributed by atoms with Crippen molar-refractivity contribution in [2.45, 2.75) is 0 Å².